The number of hydrogen-bond acceptors (Lipinski definition) is 7. The van der Waals surface area contributed by atoms with Gasteiger partial charge in [-0.15, -0.1) is 0 Å². The maximum absolute atomic E-state index is 12.0. The largest absolute Gasteiger partial charge is 0.403 e. The van der Waals surface area contributed by atoms with Crippen LogP contribution in [0.5, 0.6) is 0 Å². The second kappa shape index (κ2) is 6.14. The third-order valence-electron chi connectivity index (χ3n) is 3.77. The molecule has 24 heavy (non-hydrogen) atoms. The van der Waals surface area contributed by atoms with E-state index in [-0.39, 0.29) is 6.61 Å². The molecule has 0 radical (unpaired) electrons. The summed E-state index contributed by atoms with van der Waals surface area (Å²) in [6.45, 7) is 1.52. The number of hydrogen-bond donors (Lipinski definition) is 0. The third kappa shape index (κ3) is 2.78. The first-order valence-electron chi connectivity index (χ1n) is 7.39. The van der Waals surface area contributed by atoms with Crippen molar-refractivity contribution in [3.63, 3.8) is 0 Å². The second-order valence-electron chi connectivity index (χ2n) is 5.19. The molecule has 0 saturated carbocycles. The third-order valence-corrected chi connectivity index (χ3v) is 4.75. The lowest BCUT2D eigenvalue weighted by molar-refractivity contribution is -0.0719. The van der Waals surface area contributed by atoms with E-state index < -0.39 is 16.2 Å². The molecule has 1 aromatic rings. The summed E-state index contributed by atoms with van der Waals surface area (Å²) in [6, 6.07) is 7.54. The number of anilines is 1. The number of allylic oxidation sites excluding steroid dienone is 2. The van der Waals surface area contributed by atoms with Crippen LogP contribution in [0, 0.1) is 0 Å². The second-order valence-corrected chi connectivity index (χ2v) is 6.41. The van der Waals surface area contributed by atoms with Crippen LogP contribution in [0.15, 0.2) is 53.2 Å². The van der Waals surface area contributed by atoms with Crippen LogP contribution in [0.2, 0.25) is 0 Å². The normalized spacial score (nSPS) is 22.5. The van der Waals surface area contributed by atoms with Crippen molar-refractivity contribution < 1.29 is 21.5 Å². The highest BCUT2D eigenvalue weighted by Gasteiger charge is 2.46. The average Bonchev–Trinajstić information content (AvgIpc) is 2.55. The topological polar surface area (TPSA) is 77.4 Å². The van der Waals surface area contributed by atoms with Gasteiger partial charge in [-0.3, -0.25) is 0 Å². The van der Waals surface area contributed by atoms with Gasteiger partial charge >= 0.3 is 10.4 Å². The van der Waals surface area contributed by atoms with Gasteiger partial charge in [0.1, 0.15) is 5.71 Å². The van der Waals surface area contributed by atoms with Crippen LogP contribution in [-0.4, -0.2) is 40.7 Å². The van der Waals surface area contributed by atoms with Crippen LogP contribution in [-0.2, 0) is 23.5 Å². The number of fused-ring (bicyclic) bond motifs is 2. The summed E-state index contributed by atoms with van der Waals surface area (Å²) < 4.78 is 39.4. The smallest absolute Gasteiger partial charge is 0.344 e. The first kappa shape index (κ1) is 16.8. The molecule has 1 aliphatic carbocycles. The molecule has 1 aromatic carbocycles. The molecule has 7 nitrogen and oxygen atoms in total. The first-order chi connectivity index (χ1) is 11.4. The number of nitrogens with zero attached hydrogens (tertiary/aromatic N) is 2. The van der Waals surface area contributed by atoms with Crippen molar-refractivity contribution in [1.82, 2.24) is 0 Å². The van der Waals surface area contributed by atoms with Crippen molar-refractivity contribution in [2.45, 2.75) is 12.7 Å². The zero-order valence-corrected chi connectivity index (χ0v) is 14.4. The van der Waals surface area contributed by atoms with Gasteiger partial charge in [0, 0.05) is 14.2 Å². The quantitative estimate of drug-likeness (QED) is 0.759. The molecule has 0 spiro atoms. The molecule has 0 aromatic heterocycles. The molecule has 0 saturated heterocycles. The number of ether oxygens (including phenoxy) is 1. The Morgan fingerprint density at radius 3 is 2.75 bits per heavy atom. The van der Waals surface area contributed by atoms with Crippen LogP contribution in [0.25, 0.3) is 0 Å². The van der Waals surface area contributed by atoms with E-state index in [1.54, 1.807) is 13.0 Å². The van der Waals surface area contributed by atoms with E-state index in [1.165, 1.54) is 13.2 Å². The van der Waals surface area contributed by atoms with Gasteiger partial charge in [-0.2, -0.15) is 8.42 Å². The van der Waals surface area contributed by atoms with Gasteiger partial charge in [-0.1, -0.05) is 18.2 Å². The SMILES string of the molecule is CCOS(=O)(=O)OC1(OC)C=CC=C2C1=Nc1ccccc1N2C. The van der Waals surface area contributed by atoms with E-state index in [9.17, 15) is 8.42 Å². The zero-order chi connectivity index (χ0) is 17.4. The number of aliphatic imine (C=N–C) groups is 1. The minimum Gasteiger partial charge on any atom is -0.344 e. The summed E-state index contributed by atoms with van der Waals surface area (Å²) in [6.07, 6.45) is 4.99. The highest BCUT2D eigenvalue weighted by molar-refractivity contribution is 7.81. The average molecular weight is 350 g/mol. The predicted molar refractivity (Wildman–Crippen MR) is 90.5 cm³/mol. The predicted octanol–water partition coefficient (Wildman–Crippen LogP) is 2.30. The van der Waals surface area contributed by atoms with Gasteiger partial charge in [0.05, 0.1) is 23.7 Å². The molecule has 1 unspecified atom stereocenters. The van der Waals surface area contributed by atoms with E-state index in [0.29, 0.717) is 17.1 Å². The summed E-state index contributed by atoms with van der Waals surface area (Å²) in [7, 11) is -1.02. The Balaban J connectivity index is 2.12. The van der Waals surface area contributed by atoms with Crippen molar-refractivity contribution in [2.24, 2.45) is 4.99 Å². The fourth-order valence-electron chi connectivity index (χ4n) is 2.69. The van der Waals surface area contributed by atoms with Crippen molar-refractivity contribution in [3.8, 4) is 0 Å². The fourth-order valence-corrected chi connectivity index (χ4v) is 3.53. The molecule has 0 amide bonds. The van der Waals surface area contributed by atoms with Crippen LogP contribution < -0.4 is 4.90 Å². The Morgan fingerprint density at radius 1 is 1.29 bits per heavy atom. The molecule has 0 fully saturated rings. The van der Waals surface area contributed by atoms with E-state index in [4.69, 9.17) is 8.92 Å². The van der Waals surface area contributed by atoms with E-state index in [0.717, 1.165) is 5.69 Å². The highest BCUT2D eigenvalue weighted by Crippen LogP contribution is 2.40. The maximum atomic E-state index is 12.0. The Labute approximate surface area is 141 Å². The molecule has 3 rings (SSSR count). The van der Waals surface area contributed by atoms with Gasteiger partial charge in [-0.25, -0.2) is 13.4 Å². The molecule has 8 heteroatoms. The van der Waals surface area contributed by atoms with Gasteiger partial charge in [0.15, 0.2) is 0 Å². The van der Waals surface area contributed by atoms with Crippen LogP contribution in [0.1, 0.15) is 6.92 Å². The zero-order valence-electron chi connectivity index (χ0n) is 13.6. The summed E-state index contributed by atoms with van der Waals surface area (Å²) in [4.78, 5) is 6.48. The monoisotopic (exact) mass is 350 g/mol. The maximum Gasteiger partial charge on any atom is 0.403 e. The molecule has 1 atom stereocenters. The lowest BCUT2D eigenvalue weighted by atomic mass is 9.98. The number of benzene rings is 1. The molecule has 0 N–H and O–H groups in total. The van der Waals surface area contributed by atoms with Crippen molar-refractivity contribution >= 4 is 27.5 Å². The van der Waals surface area contributed by atoms with Gasteiger partial charge in [0.2, 0.25) is 0 Å². The number of rotatable bonds is 5. The van der Waals surface area contributed by atoms with Gasteiger partial charge in [-0.05, 0) is 31.2 Å². The Hall–Kier alpha value is -2.00. The molecule has 1 aliphatic heterocycles. The molecule has 0 bridgehead atoms. The molecule has 1 heterocycles. The number of para-hydroxylation sites is 2. The summed E-state index contributed by atoms with van der Waals surface area (Å²) in [5.41, 5.74) is 2.63. The molecule has 128 valence electrons. The summed E-state index contributed by atoms with van der Waals surface area (Å²) in [5.74, 6) is -1.68. The first-order valence-corrected chi connectivity index (χ1v) is 8.73. The Morgan fingerprint density at radius 2 is 2.04 bits per heavy atom. The van der Waals surface area contributed by atoms with Gasteiger partial charge in [0.25, 0.3) is 5.79 Å². The van der Waals surface area contributed by atoms with Crippen LogP contribution in [0.3, 0.4) is 0 Å². The fraction of sp³-hybridized carbons (Fsp3) is 0.312. The van der Waals surface area contributed by atoms with E-state index in [1.807, 2.05) is 42.3 Å². The van der Waals surface area contributed by atoms with E-state index in [2.05, 4.69) is 9.18 Å². The summed E-state index contributed by atoms with van der Waals surface area (Å²) in [5, 5.41) is 0. The van der Waals surface area contributed by atoms with E-state index >= 15 is 0 Å². The van der Waals surface area contributed by atoms with Crippen molar-refractivity contribution in [3.05, 3.63) is 48.2 Å². The van der Waals surface area contributed by atoms with Gasteiger partial charge < -0.3 is 9.64 Å². The van der Waals surface area contributed by atoms with Crippen LogP contribution >= 0.6 is 0 Å². The lowest BCUT2D eigenvalue weighted by Crippen LogP contribution is -2.49. The molecular weight excluding hydrogens is 332 g/mol. The number of methoxy groups -OCH3 is 1. The Kier molecular flexibility index (Phi) is 4.31. The molecular formula is C16H18N2O5S. The lowest BCUT2D eigenvalue weighted by Gasteiger charge is -2.38. The Bertz CT molecular complexity index is 844. The standard InChI is InChI=1S/C16H18N2O5S/c1-4-22-24(19,20)23-16(21-3)11-7-10-14-15(16)17-12-8-5-6-9-13(12)18(14)2/h5-11H,4H2,1-3H3. The molecule has 2 aliphatic rings. The van der Waals surface area contributed by atoms with Crippen LogP contribution in [0.4, 0.5) is 11.4 Å². The summed E-state index contributed by atoms with van der Waals surface area (Å²) >= 11 is 0. The minimum atomic E-state index is -4.25. The van der Waals surface area contributed by atoms with Crippen molar-refractivity contribution in [1.29, 1.82) is 0 Å². The minimum absolute atomic E-state index is 0.0379. The highest BCUT2D eigenvalue weighted by atomic mass is 32.3. The van der Waals surface area contributed by atoms with Crippen molar-refractivity contribution in [2.75, 3.05) is 25.7 Å².